The predicted octanol–water partition coefficient (Wildman–Crippen LogP) is 1.84. The number of nitrogens with one attached hydrogen (secondary N) is 2. The summed E-state index contributed by atoms with van der Waals surface area (Å²) in [7, 11) is -3.42. The van der Waals surface area contributed by atoms with E-state index in [1.54, 1.807) is 24.3 Å². The van der Waals surface area contributed by atoms with Gasteiger partial charge in [0.2, 0.25) is 15.9 Å². The molecule has 1 atom stereocenters. The maximum atomic E-state index is 11.8. The minimum absolute atomic E-state index is 0.00611. The van der Waals surface area contributed by atoms with Crippen LogP contribution in [0.5, 0.6) is 0 Å². The Hall–Kier alpha value is -1.11. The van der Waals surface area contributed by atoms with E-state index in [1.165, 1.54) is 0 Å². The SMILES string of the molecule is CC(C)NC(=O)C[C@H](NS(C)(=O)=O)c1ccc(Cl)cc1. The molecule has 5 nitrogen and oxygen atoms in total. The molecule has 0 fully saturated rings. The van der Waals surface area contributed by atoms with Gasteiger partial charge in [-0.05, 0) is 31.5 Å². The van der Waals surface area contributed by atoms with E-state index in [-0.39, 0.29) is 18.4 Å². The van der Waals surface area contributed by atoms with E-state index < -0.39 is 16.1 Å². The maximum Gasteiger partial charge on any atom is 0.222 e. The quantitative estimate of drug-likeness (QED) is 0.840. The average molecular weight is 319 g/mol. The van der Waals surface area contributed by atoms with Crippen molar-refractivity contribution in [3.8, 4) is 0 Å². The molecule has 0 heterocycles. The number of hydrogen-bond acceptors (Lipinski definition) is 3. The zero-order valence-electron chi connectivity index (χ0n) is 11.7. The van der Waals surface area contributed by atoms with Crippen LogP contribution in [0.1, 0.15) is 31.9 Å². The summed E-state index contributed by atoms with van der Waals surface area (Å²) in [6.45, 7) is 3.69. The molecule has 0 bridgehead atoms. The van der Waals surface area contributed by atoms with Gasteiger partial charge in [-0.15, -0.1) is 0 Å². The maximum absolute atomic E-state index is 11.8. The minimum atomic E-state index is -3.42. The molecular formula is C13H19ClN2O3S. The van der Waals surface area contributed by atoms with Crippen molar-refractivity contribution < 1.29 is 13.2 Å². The molecule has 7 heteroatoms. The van der Waals surface area contributed by atoms with Gasteiger partial charge in [-0.25, -0.2) is 13.1 Å². The number of carbonyl (C=O) groups is 1. The van der Waals surface area contributed by atoms with Crippen LogP contribution < -0.4 is 10.0 Å². The fraction of sp³-hybridized carbons (Fsp3) is 0.462. The van der Waals surface area contributed by atoms with Gasteiger partial charge in [0.15, 0.2) is 0 Å². The molecule has 0 saturated carbocycles. The minimum Gasteiger partial charge on any atom is -0.354 e. The van der Waals surface area contributed by atoms with E-state index >= 15 is 0 Å². The largest absolute Gasteiger partial charge is 0.354 e. The standard InChI is InChI=1S/C13H19ClN2O3S/c1-9(2)15-13(17)8-12(16-20(3,18)19)10-4-6-11(14)7-5-10/h4-7,9,12,16H,8H2,1-3H3,(H,15,17)/t12-/m0/s1. The number of sulfonamides is 1. The third kappa shape index (κ3) is 6.36. The highest BCUT2D eigenvalue weighted by molar-refractivity contribution is 7.88. The summed E-state index contributed by atoms with van der Waals surface area (Å²) in [5.74, 6) is -0.212. The van der Waals surface area contributed by atoms with Crippen LogP contribution in [0.3, 0.4) is 0 Å². The van der Waals surface area contributed by atoms with Crippen molar-refractivity contribution in [3.05, 3.63) is 34.9 Å². The number of halogens is 1. The lowest BCUT2D eigenvalue weighted by Crippen LogP contribution is -2.35. The Morgan fingerprint density at radius 1 is 1.25 bits per heavy atom. The van der Waals surface area contributed by atoms with Gasteiger partial charge in [0.05, 0.1) is 12.3 Å². The Morgan fingerprint density at radius 2 is 1.80 bits per heavy atom. The Kier molecular flexibility index (Phi) is 5.98. The van der Waals surface area contributed by atoms with E-state index in [0.717, 1.165) is 6.26 Å². The third-order valence-electron chi connectivity index (χ3n) is 2.47. The molecule has 0 aliphatic carbocycles. The highest BCUT2D eigenvalue weighted by atomic mass is 35.5. The molecular weight excluding hydrogens is 300 g/mol. The number of rotatable bonds is 6. The first-order valence-electron chi connectivity index (χ1n) is 6.19. The molecule has 1 aromatic carbocycles. The highest BCUT2D eigenvalue weighted by Crippen LogP contribution is 2.20. The second-order valence-corrected chi connectivity index (χ2v) is 7.14. The summed E-state index contributed by atoms with van der Waals surface area (Å²) in [5, 5.41) is 3.29. The molecule has 0 radical (unpaired) electrons. The zero-order chi connectivity index (χ0) is 15.3. The lowest BCUT2D eigenvalue weighted by molar-refractivity contribution is -0.122. The lowest BCUT2D eigenvalue weighted by atomic mass is 10.0. The van der Waals surface area contributed by atoms with E-state index in [9.17, 15) is 13.2 Å². The Bertz CT molecular complexity index is 555. The molecule has 0 unspecified atom stereocenters. The fourth-order valence-corrected chi connectivity index (χ4v) is 2.61. The first kappa shape index (κ1) is 16.9. The highest BCUT2D eigenvalue weighted by Gasteiger charge is 2.20. The summed E-state index contributed by atoms with van der Waals surface area (Å²) in [5.41, 5.74) is 0.693. The van der Waals surface area contributed by atoms with Crippen molar-refractivity contribution in [2.45, 2.75) is 32.4 Å². The van der Waals surface area contributed by atoms with Crippen LogP contribution in [-0.2, 0) is 14.8 Å². The van der Waals surface area contributed by atoms with Gasteiger partial charge in [0.1, 0.15) is 0 Å². The summed E-state index contributed by atoms with van der Waals surface area (Å²) in [6, 6.07) is 6.12. The second-order valence-electron chi connectivity index (χ2n) is 4.92. The molecule has 2 N–H and O–H groups in total. The van der Waals surface area contributed by atoms with Gasteiger partial charge in [0.25, 0.3) is 0 Å². The molecule has 20 heavy (non-hydrogen) atoms. The number of benzene rings is 1. The van der Waals surface area contributed by atoms with E-state index in [1.807, 2.05) is 13.8 Å². The third-order valence-corrected chi connectivity index (χ3v) is 3.43. The molecule has 1 aromatic rings. The fourth-order valence-electron chi connectivity index (χ4n) is 1.75. The zero-order valence-corrected chi connectivity index (χ0v) is 13.3. The van der Waals surface area contributed by atoms with Gasteiger partial charge in [-0.2, -0.15) is 0 Å². The smallest absolute Gasteiger partial charge is 0.222 e. The van der Waals surface area contributed by atoms with E-state index in [4.69, 9.17) is 11.6 Å². The van der Waals surface area contributed by atoms with Crippen LogP contribution in [-0.4, -0.2) is 26.6 Å². The van der Waals surface area contributed by atoms with Crippen LogP contribution in [0.15, 0.2) is 24.3 Å². The molecule has 0 aliphatic heterocycles. The molecule has 0 aliphatic rings. The molecule has 0 spiro atoms. The molecule has 112 valence electrons. The monoisotopic (exact) mass is 318 g/mol. The van der Waals surface area contributed by atoms with Gasteiger partial charge < -0.3 is 5.32 Å². The molecule has 1 rings (SSSR count). The summed E-state index contributed by atoms with van der Waals surface area (Å²) >= 11 is 5.81. The summed E-state index contributed by atoms with van der Waals surface area (Å²) in [4.78, 5) is 11.8. The predicted molar refractivity (Wildman–Crippen MR) is 80.1 cm³/mol. The van der Waals surface area contributed by atoms with Gasteiger partial charge in [0, 0.05) is 17.5 Å². The van der Waals surface area contributed by atoms with Crippen LogP contribution in [0.25, 0.3) is 0 Å². The Morgan fingerprint density at radius 3 is 2.25 bits per heavy atom. The van der Waals surface area contributed by atoms with E-state index in [2.05, 4.69) is 10.0 Å². The Balaban J connectivity index is 2.91. The molecule has 0 saturated heterocycles. The van der Waals surface area contributed by atoms with Gasteiger partial charge in [-0.3, -0.25) is 4.79 Å². The normalized spacial score (nSPS) is 13.2. The number of amides is 1. The van der Waals surface area contributed by atoms with Crippen molar-refractivity contribution in [3.63, 3.8) is 0 Å². The van der Waals surface area contributed by atoms with Crippen LogP contribution in [0, 0.1) is 0 Å². The van der Waals surface area contributed by atoms with Crippen molar-refractivity contribution in [2.24, 2.45) is 0 Å². The first-order valence-corrected chi connectivity index (χ1v) is 8.46. The molecule has 1 amide bonds. The van der Waals surface area contributed by atoms with Crippen LogP contribution in [0.2, 0.25) is 5.02 Å². The molecule has 0 aromatic heterocycles. The van der Waals surface area contributed by atoms with Crippen molar-refractivity contribution in [1.82, 2.24) is 10.0 Å². The summed E-state index contributed by atoms with van der Waals surface area (Å²) in [6.07, 6.45) is 1.10. The van der Waals surface area contributed by atoms with Crippen LogP contribution in [0.4, 0.5) is 0 Å². The van der Waals surface area contributed by atoms with Crippen molar-refractivity contribution in [1.29, 1.82) is 0 Å². The first-order chi connectivity index (χ1) is 9.17. The van der Waals surface area contributed by atoms with Crippen molar-refractivity contribution >= 4 is 27.5 Å². The van der Waals surface area contributed by atoms with Crippen molar-refractivity contribution in [2.75, 3.05) is 6.26 Å². The number of carbonyl (C=O) groups excluding carboxylic acids is 1. The average Bonchev–Trinajstić information content (AvgIpc) is 2.25. The number of hydrogen-bond donors (Lipinski definition) is 2. The second kappa shape index (κ2) is 7.06. The summed E-state index contributed by atoms with van der Waals surface area (Å²) < 4.78 is 25.3. The van der Waals surface area contributed by atoms with E-state index in [0.29, 0.717) is 10.6 Å². The lowest BCUT2D eigenvalue weighted by Gasteiger charge is -2.18. The Labute approximate surface area is 124 Å². The van der Waals surface area contributed by atoms with Crippen LogP contribution >= 0.6 is 11.6 Å². The van der Waals surface area contributed by atoms with Gasteiger partial charge >= 0.3 is 0 Å². The topological polar surface area (TPSA) is 75.3 Å². The van der Waals surface area contributed by atoms with Gasteiger partial charge in [-0.1, -0.05) is 23.7 Å².